The third-order valence-electron chi connectivity index (χ3n) is 6.58. The number of likely N-dealkylation sites (N-methyl/N-ethyl adjacent to an activating group) is 1. The minimum Gasteiger partial charge on any atom is -0.486 e. The Morgan fingerprint density at radius 3 is 2.27 bits per heavy atom. The van der Waals surface area contributed by atoms with Crippen molar-refractivity contribution in [3.8, 4) is 11.5 Å². The first-order valence-electron chi connectivity index (χ1n) is 12.9. The number of rotatable bonds is 11. The molecule has 1 aliphatic rings. The van der Waals surface area contributed by atoms with E-state index < -0.39 is 28.5 Å². The maximum Gasteiger partial charge on any atom is 0.244 e. The zero-order valence-electron chi connectivity index (χ0n) is 22.4. The van der Waals surface area contributed by atoms with E-state index in [4.69, 9.17) is 9.47 Å². The fraction of sp³-hybridized carbons (Fsp3) is 0.310. The molecule has 0 radical (unpaired) electrons. The summed E-state index contributed by atoms with van der Waals surface area (Å²) in [6, 6.07) is 20.7. The minimum absolute atomic E-state index is 0.109. The summed E-state index contributed by atoms with van der Waals surface area (Å²) in [7, 11) is -2.36. The number of fused-ring (bicyclic) bond motifs is 1. The molecule has 40 heavy (non-hydrogen) atoms. The normalized spacial score (nSPS) is 13.3. The Morgan fingerprint density at radius 2 is 1.62 bits per heavy atom. The van der Waals surface area contributed by atoms with E-state index in [1.54, 1.807) is 18.2 Å². The van der Waals surface area contributed by atoms with Crippen LogP contribution in [0.1, 0.15) is 18.1 Å². The fourth-order valence-electron chi connectivity index (χ4n) is 4.41. The van der Waals surface area contributed by atoms with Gasteiger partial charge in [0.1, 0.15) is 25.8 Å². The molecule has 0 bridgehead atoms. The van der Waals surface area contributed by atoms with Gasteiger partial charge in [0.05, 0.1) is 11.4 Å². The molecule has 1 aliphatic heterocycles. The molecular weight excluding hydrogens is 598 g/mol. The highest BCUT2D eigenvalue weighted by Gasteiger charge is 2.33. The van der Waals surface area contributed by atoms with Gasteiger partial charge in [-0.05, 0) is 42.3 Å². The minimum atomic E-state index is -3.87. The van der Waals surface area contributed by atoms with E-state index >= 15 is 0 Å². The lowest BCUT2D eigenvalue weighted by atomic mass is 10.0. The highest BCUT2D eigenvalue weighted by molar-refractivity contribution is 9.10. The second kappa shape index (κ2) is 13.2. The van der Waals surface area contributed by atoms with Crippen LogP contribution in [0.4, 0.5) is 5.69 Å². The molecule has 0 fully saturated rings. The van der Waals surface area contributed by atoms with Crippen molar-refractivity contribution in [3.05, 3.63) is 88.4 Å². The van der Waals surface area contributed by atoms with Gasteiger partial charge in [0, 0.05) is 30.6 Å². The molecule has 2 amide bonds. The van der Waals surface area contributed by atoms with Crippen LogP contribution in [0.2, 0.25) is 0 Å². The van der Waals surface area contributed by atoms with Gasteiger partial charge < -0.3 is 19.7 Å². The predicted octanol–water partition coefficient (Wildman–Crippen LogP) is 3.76. The number of sulfonamides is 1. The first-order valence-corrected chi connectivity index (χ1v) is 15.3. The van der Waals surface area contributed by atoms with Crippen LogP contribution in [0.25, 0.3) is 0 Å². The van der Waals surface area contributed by atoms with Crippen molar-refractivity contribution in [2.45, 2.75) is 25.9 Å². The predicted molar refractivity (Wildman–Crippen MR) is 157 cm³/mol. The van der Waals surface area contributed by atoms with E-state index in [0.717, 1.165) is 19.9 Å². The molecule has 3 aromatic rings. The topological polar surface area (TPSA) is 105 Å². The number of benzene rings is 3. The van der Waals surface area contributed by atoms with E-state index in [1.165, 1.54) is 18.9 Å². The summed E-state index contributed by atoms with van der Waals surface area (Å²) < 4.78 is 39.7. The largest absolute Gasteiger partial charge is 0.486 e. The SMILES string of the molecule is CCS(=O)(=O)N(CC(=O)N(Cc1ccc(Br)cc1)C(Cc1ccccc1)C(=O)NC)c1ccc2c(c1)OCCO2. The zero-order valence-corrected chi connectivity index (χ0v) is 24.8. The van der Waals surface area contributed by atoms with Gasteiger partial charge in [-0.1, -0.05) is 58.4 Å². The average molecular weight is 631 g/mol. The molecular formula is C29H32BrN3O6S. The van der Waals surface area contributed by atoms with Crippen LogP contribution in [-0.2, 0) is 32.6 Å². The van der Waals surface area contributed by atoms with Gasteiger partial charge >= 0.3 is 0 Å². The maximum atomic E-state index is 14.1. The van der Waals surface area contributed by atoms with Crippen molar-refractivity contribution in [2.24, 2.45) is 0 Å². The summed E-state index contributed by atoms with van der Waals surface area (Å²) in [5.74, 6) is -0.163. The van der Waals surface area contributed by atoms with Gasteiger partial charge in [-0.15, -0.1) is 0 Å². The van der Waals surface area contributed by atoms with E-state index in [-0.39, 0.29) is 30.3 Å². The number of amides is 2. The molecule has 0 saturated heterocycles. The number of ether oxygens (including phenoxy) is 2. The zero-order chi connectivity index (χ0) is 28.7. The van der Waals surface area contributed by atoms with Gasteiger partial charge in [0.2, 0.25) is 21.8 Å². The number of hydrogen-bond donors (Lipinski definition) is 1. The number of hydrogen-bond acceptors (Lipinski definition) is 6. The van der Waals surface area contributed by atoms with Crippen LogP contribution >= 0.6 is 15.9 Å². The molecule has 0 spiro atoms. The van der Waals surface area contributed by atoms with Crippen molar-refractivity contribution in [1.82, 2.24) is 10.2 Å². The van der Waals surface area contributed by atoms with Crippen molar-refractivity contribution >= 4 is 43.5 Å². The van der Waals surface area contributed by atoms with Gasteiger partial charge in [-0.2, -0.15) is 0 Å². The highest BCUT2D eigenvalue weighted by atomic mass is 79.9. The third-order valence-corrected chi connectivity index (χ3v) is 8.85. The summed E-state index contributed by atoms with van der Waals surface area (Å²) in [5.41, 5.74) is 1.94. The van der Waals surface area contributed by atoms with Crippen LogP contribution in [0, 0.1) is 0 Å². The van der Waals surface area contributed by atoms with E-state index in [2.05, 4.69) is 21.2 Å². The molecule has 0 saturated carbocycles. The smallest absolute Gasteiger partial charge is 0.244 e. The molecule has 0 aliphatic carbocycles. The van der Waals surface area contributed by atoms with Crippen molar-refractivity contribution in [3.63, 3.8) is 0 Å². The van der Waals surface area contributed by atoms with Gasteiger partial charge in [0.15, 0.2) is 11.5 Å². The quantitative estimate of drug-likeness (QED) is 0.346. The second-order valence-electron chi connectivity index (χ2n) is 9.20. The van der Waals surface area contributed by atoms with E-state index in [9.17, 15) is 18.0 Å². The van der Waals surface area contributed by atoms with Crippen LogP contribution in [0.5, 0.6) is 11.5 Å². The summed E-state index contributed by atoms with van der Waals surface area (Å²) >= 11 is 3.43. The van der Waals surface area contributed by atoms with Crippen molar-refractivity contribution < 1.29 is 27.5 Å². The molecule has 3 aromatic carbocycles. The average Bonchev–Trinajstić information content (AvgIpc) is 2.98. The van der Waals surface area contributed by atoms with Crippen LogP contribution < -0.4 is 19.1 Å². The summed E-state index contributed by atoms with van der Waals surface area (Å²) in [4.78, 5) is 28.7. The molecule has 0 aromatic heterocycles. The van der Waals surface area contributed by atoms with E-state index in [0.29, 0.717) is 24.7 Å². The third kappa shape index (κ3) is 7.14. The first kappa shape index (κ1) is 29.4. The molecule has 1 unspecified atom stereocenters. The molecule has 9 nitrogen and oxygen atoms in total. The molecule has 1 atom stereocenters. The summed E-state index contributed by atoms with van der Waals surface area (Å²) in [5, 5.41) is 2.67. The Labute approximate surface area is 243 Å². The summed E-state index contributed by atoms with van der Waals surface area (Å²) in [6.07, 6.45) is 0.257. The summed E-state index contributed by atoms with van der Waals surface area (Å²) in [6.45, 7) is 1.87. The number of anilines is 1. The van der Waals surface area contributed by atoms with E-state index in [1.807, 2.05) is 54.6 Å². The lowest BCUT2D eigenvalue weighted by molar-refractivity contribution is -0.139. The molecule has 4 rings (SSSR count). The van der Waals surface area contributed by atoms with Gasteiger partial charge in [-0.25, -0.2) is 8.42 Å². The Hall–Kier alpha value is -3.57. The van der Waals surface area contributed by atoms with Crippen molar-refractivity contribution in [2.75, 3.05) is 36.9 Å². The number of nitrogens with one attached hydrogen (secondary N) is 1. The maximum absolute atomic E-state index is 14.1. The van der Waals surface area contributed by atoms with Crippen LogP contribution in [-0.4, -0.2) is 63.7 Å². The Morgan fingerprint density at radius 1 is 0.950 bits per heavy atom. The lowest BCUT2D eigenvalue weighted by Gasteiger charge is -2.33. The molecule has 1 heterocycles. The van der Waals surface area contributed by atoms with Gasteiger partial charge in [0.25, 0.3) is 0 Å². The van der Waals surface area contributed by atoms with Crippen LogP contribution in [0.3, 0.4) is 0 Å². The fourth-order valence-corrected chi connectivity index (χ4v) is 5.73. The number of carbonyl (C=O) groups is 2. The monoisotopic (exact) mass is 629 g/mol. The number of nitrogens with zero attached hydrogens (tertiary/aromatic N) is 2. The first-order chi connectivity index (χ1) is 19.2. The Bertz CT molecular complexity index is 1430. The lowest BCUT2D eigenvalue weighted by Crippen LogP contribution is -2.53. The number of halogens is 1. The van der Waals surface area contributed by atoms with Crippen LogP contribution in [0.15, 0.2) is 77.3 Å². The standard InChI is InChI=1S/C29H32BrN3O6S/c1-3-40(36,37)33(24-13-14-26-27(18-24)39-16-15-38-26)20-28(34)32(19-22-9-11-23(30)12-10-22)25(29(35)31-2)17-21-7-5-4-6-8-21/h4-14,18,25H,3,15-17,19-20H2,1-2H3,(H,31,35). The molecule has 212 valence electrons. The number of carbonyl (C=O) groups excluding carboxylic acids is 2. The Kier molecular flexibility index (Phi) is 9.70. The van der Waals surface area contributed by atoms with Gasteiger partial charge in [-0.3, -0.25) is 13.9 Å². The molecule has 11 heteroatoms. The van der Waals surface area contributed by atoms with Crippen molar-refractivity contribution in [1.29, 1.82) is 0 Å². The Balaban J connectivity index is 1.72. The second-order valence-corrected chi connectivity index (χ2v) is 12.3. The molecule has 1 N–H and O–H groups in total. The highest BCUT2D eigenvalue weighted by Crippen LogP contribution is 2.35.